The number of hydrogen-bond donors (Lipinski definition) is 1. The molecule has 0 unspecified atom stereocenters. The van der Waals surface area contributed by atoms with Gasteiger partial charge in [0.2, 0.25) is 5.91 Å². The van der Waals surface area contributed by atoms with Crippen LogP contribution in [-0.4, -0.2) is 20.7 Å². The van der Waals surface area contributed by atoms with Crippen LogP contribution in [0.1, 0.15) is 6.42 Å². The summed E-state index contributed by atoms with van der Waals surface area (Å²) in [6.07, 6.45) is 3.21. The first-order chi connectivity index (χ1) is 8.24. The zero-order valence-electron chi connectivity index (χ0n) is 9.01. The third-order valence-corrected chi connectivity index (χ3v) is 2.14. The summed E-state index contributed by atoms with van der Waals surface area (Å²) < 4.78 is 14.4. The van der Waals surface area contributed by atoms with Gasteiger partial charge in [-0.3, -0.25) is 9.48 Å². The maximum atomic E-state index is 12.9. The van der Waals surface area contributed by atoms with Crippen LogP contribution in [0.25, 0.3) is 0 Å². The molecule has 0 saturated heterocycles. The standard InChI is InChI=1S/C11H11FN4O/c12-9-2-1-3-10(6-9)15-11(17)4-5-16-8-13-7-14-16/h1-3,6-8H,4-5H2,(H,15,17). The van der Waals surface area contributed by atoms with Gasteiger partial charge in [-0.25, -0.2) is 9.37 Å². The Bertz CT molecular complexity index is 498. The van der Waals surface area contributed by atoms with E-state index in [1.807, 2.05) is 0 Å². The van der Waals surface area contributed by atoms with Crippen LogP contribution in [0.5, 0.6) is 0 Å². The van der Waals surface area contributed by atoms with Crippen molar-refractivity contribution in [2.45, 2.75) is 13.0 Å². The first-order valence-electron chi connectivity index (χ1n) is 5.12. The van der Waals surface area contributed by atoms with Gasteiger partial charge in [0.25, 0.3) is 0 Å². The molecule has 1 N–H and O–H groups in total. The van der Waals surface area contributed by atoms with Gasteiger partial charge >= 0.3 is 0 Å². The smallest absolute Gasteiger partial charge is 0.226 e. The molecule has 0 radical (unpaired) electrons. The minimum atomic E-state index is -0.376. The average Bonchev–Trinajstić information content (AvgIpc) is 2.79. The van der Waals surface area contributed by atoms with Gasteiger partial charge in [-0.15, -0.1) is 0 Å². The molecule has 0 fully saturated rings. The fraction of sp³-hybridized carbons (Fsp3) is 0.182. The Morgan fingerprint density at radius 3 is 3.06 bits per heavy atom. The largest absolute Gasteiger partial charge is 0.326 e. The summed E-state index contributed by atoms with van der Waals surface area (Å²) in [4.78, 5) is 15.3. The van der Waals surface area contributed by atoms with E-state index < -0.39 is 0 Å². The molecule has 0 aliphatic heterocycles. The Labute approximate surface area is 97.3 Å². The molecule has 88 valence electrons. The van der Waals surface area contributed by atoms with Crippen LogP contribution in [-0.2, 0) is 11.3 Å². The summed E-state index contributed by atoms with van der Waals surface area (Å²) >= 11 is 0. The molecule has 1 heterocycles. The van der Waals surface area contributed by atoms with E-state index in [1.165, 1.54) is 24.8 Å². The quantitative estimate of drug-likeness (QED) is 0.870. The number of hydrogen-bond acceptors (Lipinski definition) is 3. The van der Waals surface area contributed by atoms with Gasteiger partial charge < -0.3 is 5.32 Å². The average molecular weight is 234 g/mol. The highest BCUT2D eigenvalue weighted by Gasteiger charge is 2.03. The minimum absolute atomic E-state index is 0.189. The van der Waals surface area contributed by atoms with Crippen molar-refractivity contribution >= 4 is 11.6 Å². The summed E-state index contributed by atoms with van der Waals surface area (Å²) in [5, 5.41) is 6.48. The fourth-order valence-corrected chi connectivity index (χ4v) is 1.35. The molecule has 0 aliphatic rings. The van der Waals surface area contributed by atoms with Crippen molar-refractivity contribution in [2.24, 2.45) is 0 Å². The summed E-state index contributed by atoms with van der Waals surface area (Å²) in [5.41, 5.74) is 0.452. The lowest BCUT2D eigenvalue weighted by atomic mass is 10.3. The summed E-state index contributed by atoms with van der Waals surface area (Å²) in [6, 6.07) is 5.78. The highest BCUT2D eigenvalue weighted by Crippen LogP contribution is 2.09. The number of amides is 1. The lowest BCUT2D eigenvalue weighted by Crippen LogP contribution is -2.14. The van der Waals surface area contributed by atoms with E-state index in [-0.39, 0.29) is 18.1 Å². The van der Waals surface area contributed by atoms with E-state index in [0.29, 0.717) is 12.2 Å². The van der Waals surface area contributed by atoms with Crippen LogP contribution < -0.4 is 5.32 Å². The Kier molecular flexibility index (Phi) is 3.44. The zero-order valence-corrected chi connectivity index (χ0v) is 9.01. The number of aryl methyl sites for hydroxylation is 1. The van der Waals surface area contributed by atoms with Crippen molar-refractivity contribution in [1.29, 1.82) is 0 Å². The fourth-order valence-electron chi connectivity index (χ4n) is 1.35. The Morgan fingerprint density at radius 1 is 1.47 bits per heavy atom. The van der Waals surface area contributed by atoms with Crippen LogP contribution in [0.4, 0.5) is 10.1 Å². The summed E-state index contributed by atoms with van der Waals surface area (Å²) in [5.74, 6) is -0.565. The van der Waals surface area contributed by atoms with Crippen molar-refractivity contribution in [1.82, 2.24) is 14.8 Å². The van der Waals surface area contributed by atoms with Crippen molar-refractivity contribution in [2.75, 3.05) is 5.32 Å². The number of anilines is 1. The third-order valence-electron chi connectivity index (χ3n) is 2.14. The van der Waals surface area contributed by atoms with Crippen LogP contribution in [0, 0.1) is 5.82 Å². The molecule has 2 rings (SSSR count). The van der Waals surface area contributed by atoms with Crippen molar-refractivity contribution in [3.63, 3.8) is 0 Å². The first kappa shape index (κ1) is 11.3. The molecule has 17 heavy (non-hydrogen) atoms. The summed E-state index contributed by atoms with van der Waals surface area (Å²) in [6.45, 7) is 0.446. The highest BCUT2D eigenvalue weighted by atomic mass is 19.1. The van der Waals surface area contributed by atoms with Gasteiger partial charge in [-0.1, -0.05) is 6.07 Å². The second-order valence-corrected chi connectivity index (χ2v) is 3.47. The normalized spacial score (nSPS) is 10.2. The first-order valence-corrected chi connectivity index (χ1v) is 5.12. The Balaban J connectivity index is 1.85. The zero-order chi connectivity index (χ0) is 12.1. The third kappa shape index (κ3) is 3.37. The molecule has 1 amide bonds. The predicted molar refractivity (Wildman–Crippen MR) is 59.7 cm³/mol. The van der Waals surface area contributed by atoms with E-state index >= 15 is 0 Å². The molecular formula is C11H11FN4O. The van der Waals surface area contributed by atoms with Crippen LogP contribution >= 0.6 is 0 Å². The number of aromatic nitrogens is 3. The van der Waals surface area contributed by atoms with E-state index in [9.17, 15) is 9.18 Å². The molecule has 0 spiro atoms. The van der Waals surface area contributed by atoms with Gasteiger partial charge in [0.1, 0.15) is 18.5 Å². The van der Waals surface area contributed by atoms with Crippen LogP contribution in [0.3, 0.4) is 0 Å². The molecule has 0 atom stereocenters. The molecule has 5 nitrogen and oxygen atoms in total. The van der Waals surface area contributed by atoms with Crippen molar-refractivity contribution < 1.29 is 9.18 Å². The van der Waals surface area contributed by atoms with E-state index in [1.54, 1.807) is 16.8 Å². The minimum Gasteiger partial charge on any atom is -0.326 e. The number of rotatable bonds is 4. The maximum Gasteiger partial charge on any atom is 0.226 e. The summed E-state index contributed by atoms with van der Waals surface area (Å²) in [7, 11) is 0. The number of nitrogens with one attached hydrogen (secondary N) is 1. The molecule has 1 aromatic heterocycles. The van der Waals surface area contributed by atoms with E-state index in [4.69, 9.17) is 0 Å². The van der Waals surface area contributed by atoms with Gasteiger partial charge in [0, 0.05) is 12.1 Å². The topological polar surface area (TPSA) is 59.8 Å². The molecule has 1 aromatic carbocycles. The molecule has 6 heteroatoms. The molecule has 0 saturated carbocycles. The van der Waals surface area contributed by atoms with Gasteiger partial charge in [0.05, 0.1) is 6.54 Å². The number of carbonyl (C=O) groups is 1. The molecule has 0 aliphatic carbocycles. The lowest BCUT2D eigenvalue weighted by molar-refractivity contribution is -0.116. The molecule has 2 aromatic rings. The van der Waals surface area contributed by atoms with Crippen molar-refractivity contribution in [3.8, 4) is 0 Å². The number of benzene rings is 1. The monoisotopic (exact) mass is 234 g/mol. The lowest BCUT2D eigenvalue weighted by Gasteiger charge is -2.04. The Morgan fingerprint density at radius 2 is 2.35 bits per heavy atom. The maximum absolute atomic E-state index is 12.9. The Hall–Kier alpha value is -2.24. The van der Waals surface area contributed by atoms with Gasteiger partial charge in [-0.2, -0.15) is 5.10 Å². The highest BCUT2D eigenvalue weighted by molar-refractivity contribution is 5.90. The van der Waals surface area contributed by atoms with E-state index in [0.717, 1.165) is 0 Å². The van der Waals surface area contributed by atoms with Gasteiger partial charge in [0.15, 0.2) is 0 Å². The van der Waals surface area contributed by atoms with Crippen LogP contribution in [0.2, 0.25) is 0 Å². The SMILES string of the molecule is O=C(CCn1cncn1)Nc1cccc(F)c1. The second kappa shape index (κ2) is 5.20. The number of halogens is 1. The van der Waals surface area contributed by atoms with Crippen molar-refractivity contribution in [3.05, 3.63) is 42.7 Å². The van der Waals surface area contributed by atoms with Gasteiger partial charge in [-0.05, 0) is 18.2 Å². The molecule has 0 bridgehead atoms. The van der Waals surface area contributed by atoms with E-state index in [2.05, 4.69) is 15.4 Å². The van der Waals surface area contributed by atoms with Crippen LogP contribution in [0.15, 0.2) is 36.9 Å². The number of carbonyl (C=O) groups excluding carboxylic acids is 1. The molecular weight excluding hydrogens is 223 g/mol. The predicted octanol–water partition coefficient (Wildman–Crippen LogP) is 1.45. The second-order valence-electron chi connectivity index (χ2n) is 3.47. The number of nitrogens with zero attached hydrogens (tertiary/aromatic N) is 3.